The zero-order chi connectivity index (χ0) is 17.3. The number of hydrogen-bond acceptors (Lipinski definition) is 3. The summed E-state index contributed by atoms with van der Waals surface area (Å²) in [5.41, 5.74) is 1.58. The molecule has 1 spiro atoms. The second-order valence-electron chi connectivity index (χ2n) is 6.65. The zero-order valence-electron chi connectivity index (χ0n) is 14.0. The number of amides is 2. The van der Waals surface area contributed by atoms with Crippen molar-refractivity contribution in [1.29, 1.82) is 0 Å². The van der Waals surface area contributed by atoms with Crippen molar-refractivity contribution in [3.63, 3.8) is 0 Å². The molecule has 2 N–H and O–H groups in total. The van der Waals surface area contributed by atoms with Crippen molar-refractivity contribution < 1.29 is 9.59 Å². The molecule has 0 saturated carbocycles. The lowest BCUT2D eigenvalue weighted by atomic mass is 9.84. The Morgan fingerprint density at radius 1 is 0.960 bits per heavy atom. The van der Waals surface area contributed by atoms with Gasteiger partial charge in [0.2, 0.25) is 5.91 Å². The average Bonchev–Trinajstić information content (AvgIpc) is 2.78. The maximum absolute atomic E-state index is 13.3. The van der Waals surface area contributed by atoms with E-state index in [1.54, 1.807) is 4.90 Å². The summed E-state index contributed by atoms with van der Waals surface area (Å²) >= 11 is 0. The van der Waals surface area contributed by atoms with Gasteiger partial charge in [-0.25, -0.2) is 0 Å². The van der Waals surface area contributed by atoms with E-state index in [4.69, 9.17) is 0 Å². The number of fused-ring (bicyclic) bond motifs is 1. The van der Waals surface area contributed by atoms with E-state index in [2.05, 4.69) is 10.6 Å². The van der Waals surface area contributed by atoms with E-state index in [-0.39, 0.29) is 11.8 Å². The number of nitrogens with zero attached hydrogens (tertiary/aromatic N) is 1. The maximum atomic E-state index is 13.3. The van der Waals surface area contributed by atoms with Crippen molar-refractivity contribution in [2.24, 2.45) is 0 Å². The van der Waals surface area contributed by atoms with Crippen LogP contribution in [0.1, 0.15) is 28.8 Å². The van der Waals surface area contributed by atoms with Crippen molar-refractivity contribution in [3.8, 4) is 0 Å². The van der Waals surface area contributed by atoms with Crippen LogP contribution in [-0.2, 0) is 11.3 Å². The highest BCUT2D eigenvalue weighted by molar-refractivity contribution is 6.05. The molecule has 2 heterocycles. The smallest absolute Gasteiger partial charge is 0.255 e. The van der Waals surface area contributed by atoms with Gasteiger partial charge in [-0.15, -0.1) is 0 Å². The number of piperidine rings is 1. The number of nitrogens with one attached hydrogen (secondary N) is 2. The van der Waals surface area contributed by atoms with Crippen LogP contribution in [-0.4, -0.2) is 35.3 Å². The van der Waals surface area contributed by atoms with Gasteiger partial charge < -0.3 is 15.5 Å². The van der Waals surface area contributed by atoms with E-state index in [0.717, 1.165) is 24.3 Å². The maximum Gasteiger partial charge on any atom is 0.255 e. The van der Waals surface area contributed by atoms with Crippen LogP contribution < -0.4 is 10.6 Å². The topological polar surface area (TPSA) is 61.4 Å². The molecule has 0 unspecified atom stereocenters. The third kappa shape index (κ3) is 2.70. The fraction of sp³-hybridized carbons (Fsp3) is 0.300. The predicted molar refractivity (Wildman–Crippen MR) is 96.2 cm³/mol. The Morgan fingerprint density at radius 2 is 1.64 bits per heavy atom. The number of anilines is 1. The fourth-order valence-corrected chi connectivity index (χ4v) is 3.80. The minimum Gasteiger partial charge on any atom is -0.324 e. The van der Waals surface area contributed by atoms with Crippen LogP contribution in [0.25, 0.3) is 0 Å². The van der Waals surface area contributed by atoms with Crippen molar-refractivity contribution in [3.05, 3.63) is 65.7 Å². The Hall–Kier alpha value is -2.66. The molecule has 5 heteroatoms. The van der Waals surface area contributed by atoms with Crippen molar-refractivity contribution in [1.82, 2.24) is 10.2 Å². The molecule has 0 aliphatic carbocycles. The van der Waals surface area contributed by atoms with E-state index in [1.165, 1.54) is 0 Å². The second kappa shape index (κ2) is 6.33. The number of para-hydroxylation sites is 1. The van der Waals surface area contributed by atoms with Gasteiger partial charge in [0.15, 0.2) is 0 Å². The third-order valence-corrected chi connectivity index (χ3v) is 5.23. The highest BCUT2D eigenvalue weighted by Gasteiger charge is 2.48. The molecule has 2 amide bonds. The van der Waals surface area contributed by atoms with Gasteiger partial charge in [0.25, 0.3) is 5.91 Å². The van der Waals surface area contributed by atoms with Gasteiger partial charge in [0, 0.05) is 17.8 Å². The van der Waals surface area contributed by atoms with Gasteiger partial charge in [0.05, 0.1) is 0 Å². The van der Waals surface area contributed by atoms with Crippen LogP contribution in [0, 0.1) is 0 Å². The Labute approximate surface area is 147 Å². The number of benzene rings is 2. The molecule has 5 nitrogen and oxygen atoms in total. The third-order valence-electron chi connectivity index (χ3n) is 5.23. The van der Waals surface area contributed by atoms with Crippen LogP contribution >= 0.6 is 0 Å². The molecule has 1 fully saturated rings. The number of carbonyl (C=O) groups is 2. The fourth-order valence-electron chi connectivity index (χ4n) is 3.80. The van der Waals surface area contributed by atoms with Gasteiger partial charge >= 0.3 is 0 Å². The van der Waals surface area contributed by atoms with E-state index >= 15 is 0 Å². The van der Waals surface area contributed by atoms with Crippen molar-refractivity contribution in [2.45, 2.75) is 24.9 Å². The zero-order valence-corrected chi connectivity index (χ0v) is 14.0. The summed E-state index contributed by atoms with van der Waals surface area (Å²) in [7, 11) is 0. The first-order valence-electron chi connectivity index (χ1n) is 8.68. The molecule has 128 valence electrons. The van der Waals surface area contributed by atoms with Crippen LogP contribution in [0.15, 0.2) is 54.6 Å². The molecular weight excluding hydrogens is 314 g/mol. The van der Waals surface area contributed by atoms with Crippen LogP contribution in [0.4, 0.5) is 5.69 Å². The minimum absolute atomic E-state index is 0.0803. The Bertz CT molecular complexity index is 798. The normalized spacial score (nSPS) is 19.0. The molecule has 0 bridgehead atoms. The first-order chi connectivity index (χ1) is 12.2. The quantitative estimate of drug-likeness (QED) is 0.841. The Balaban J connectivity index is 1.81. The van der Waals surface area contributed by atoms with Gasteiger partial charge in [-0.1, -0.05) is 36.4 Å². The summed E-state index contributed by atoms with van der Waals surface area (Å²) in [4.78, 5) is 28.3. The molecule has 4 rings (SSSR count). The van der Waals surface area contributed by atoms with Crippen LogP contribution in [0.2, 0.25) is 0 Å². The molecule has 0 aromatic heterocycles. The molecule has 2 aromatic rings. The van der Waals surface area contributed by atoms with Crippen LogP contribution in [0.5, 0.6) is 0 Å². The second-order valence-corrected chi connectivity index (χ2v) is 6.65. The molecular formula is C20H21N3O2. The van der Waals surface area contributed by atoms with Gasteiger partial charge in [0.1, 0.15) is 5.54 Å². The van der Waals surface area contributed by atoms with E-state index < -0.39 is 5.54 Å². The predicted octanol–water partition coefficient (Wildman–Crippen LogP) is 2.40. The largest absolute Gasteiger partial charge is 0.324 e. The molecule has 2 aliphatic heterocycles. The first kappa shape index (κ1) is 15.8. The van der Waals surface area contributed by atoms with E-state index in [1.807, 2.05) is 54.6 Å². The average molecular weight is 335 g/mol. The molecule has 2 aliphatic rings. The van der Waals surface area contributed by atoms with Crippen molar-refractivity contribution >= 4 is 17.5 Å². The summed E-state index contributed by atoms with van der Waals surface area (Å²) < 4.78 is 0. The monoisotopic (exact) mass is 335 g/mol. The summed E-state index contributed by atoms with van der Waals surface area (Å²) in [6, 6.07) is 16.9. The number of carbonyl (C=O) groups excluding carboxylic acids is 2. The van der Waals surface area contributed by atoms with Gasteiger partial charge in [-0.05, 0) is 49.7 Å². The Morgan fingerprint density at radius 3 is 2.40 bits per heavy atom. The molecule has 0 atom stereocenters. The Kier molecular flexibility index (Phi) is 4.01. The molecule has 25 heavy (non-hydrogen) atoms. The van der Waals surface area contributed by atoms with E-state index in [0.29, 0.717) is 24.9 Å². The van der Waals surface area contributed by atoms with Crippen molar-refractivity contribution in [2.75, 3.05) is 18.4 Å². The summed E-state index contributed by atoms with van der Waals surface area (Å²) in [5, 5.41) is 6.36. The lowest BCUT2D eigenvalue weighted by Crippen LogP contribution is -2.61. The molecule has 0 radical (unpaired) electrons. The van der Waals surface area contributed by atoms with E-state index in [9.17, 15) is 9.59 Å². The lowest BCUT2D eigenvalue weighted by Gasteiger charge is -2.43. The van der Waals surface area contributed by atoms with Crippen LogP contribution in [0.3, 0.4) is 0 Å². The number of hydrogen-bond donors (Lipinski definition) is 2. The lowest BCUT2D eigenvalue weighted by molar-refractivity contribution is -0.128. The molecule has 2 aromatic carbocycles. The highest BCUT2D eigenvalue weighted by atomic mass is 16.2. The first-order valence-corrected chi connectivity index (χ1v) is 8.68. The standard InChI is InChI=1S/C20H21N3O2/c24-18(15-6-2-1-3-7-15)23-14-16-8-4-5-9-17(16)22-19(25)20(23)10-12-21-13-11-20/h1-9,21H,10-14H2,(H,22,25). The van der Waals surface area contributed by atoms with Gasteiger partial charge in [-0.2, -0.15) is 0 Å². The number of rotatable bonds is 1. The van der Waals surface area contributed by atoms with Gasteiger partial charge in [-0.3, -0.25) is 9.59 Å². The summed E-state index contributed by atoms with van der Waals surface area (Å²) in [6.45, 7) is 1.88. The summed E-state index contributed by atoms with van der Waals surface area (Å²) in [5.74, 6) is -0.169. The SMILES string of the molecule is O=C(c1ccccc1)N1Cc2ccccc2NC(=O)C12CCNCC2. The minimum atomic E-state index is -0.808. The highest BCUT2D eigenvalue weighted by Crippen LogP contribution is 2.35. The molecule has 1 saturated heterocycles. The summed E-state index contributed by atoms with van der Waals surface area (Å²) in [6.07, 6.45) is 1.23.